The molecule has 1 unspecified atom stereocenters. The van der Waals surface area contributed by atoms with Gasteiger partial charge in [-0.1, -0.05) is 55.5 Å². The fourth-order valence-corrected chi connectivity index (χ4v) is 5.27. The molecule has 1 aromatic heterocycles. The second kappa shape index (κ2) is 9.62. The van der Waals surface area contributed by atoms with E-state index in [4.69, 9.17) is 16.3 Å². The number of allylic oxidation sites excluding steroid dienone is 1. The summed E-state index contributed by atoms with van der Waals surface area (Å²) >= 11 is 6.08. The van der Waals surface area contributed by atoms with Crippen molar-refractivity contribution < 1.29 is 13.2 Å². The van der Waals surface area contributed by atoms with Crippen LogP contribution in [0.15, 0.2) is 61.3 Å². The number of anilines is 1. The van der Waals surface area contributed by atoms with Crippen molar-refractivity contribution in [1.29, 1.82) is 0 Å². The standard InChI is InChI=1S/C24H32ClN3O3SSi/c1-7-24(2,19-11-13-20(25)14-12-19)28-23-10-8-9-22(21(23)17-26-28)27(32(3,29)30)18-31-15-16-33(4,5)6/h7-14,17H,1,15-16,18H2,2-6H3. The third kappa shape index (κ3) is 5.69. The van der Waals surface area contributed by atoms with Crippen molar-refractivity contribution in [3.8, 4) is 0 Å². The van der Waals surface area contributed by atoms with Crippen LogP contribution >= 0.6 is 11.6 Å². The molecule has 2 aromatic carbocycles. The Morgan fingerprint density at radius 2 is 1.88 bits per heavy atom. The first kappa shape index (κ1) is 25.5. The number of halogens is 1. The van der Waals surface area contributed by atoms with Crippen LogP contribution in [0.2, 0.25) is 30.7 Å². The zero-order valence-corrected chi connectivity index (χ0v) is 22.4. The van der Waals surface area contributed by atoms with E-state index in [1.165, 1.54) is 10.6 Å². The summed E-state index contributed by atoms with van der Waals surface area (Å²) in [5.74, 6) is 0. The number of benzene rings is 2. The molecule has 0 fully saturated rings. The van der Waals surface area contributed by atoms with Crippen molar-refractivity contribution in [2.75, 3.05) is 23.9 Å². The van der Waals surface area contributed by atoms with E-state index in [9.17, 15) is 8.42 Å². The van der Waals surface area contributed by atoms with Crippen LogP contribution in [0.3, 0.4) is 0 Å². The highest BCUT2D eigenvalue weighted by Gasteiger charge is 2.29. The summed E-state index contributed by atoms with van der Waals surface area (Å²) < 4.78 is 34.3. The molecule has 0 aliphatic rings. The molecule has 3 rings (SSSR count). The molecule has 3 aromatic rings. The molecule has 0 saturated carbocycles. The molecule has 0 aliphatic carbocycles. The Morgan fingerprint density at radius 1 is 1.21 bits per heavy atom. The van der Waals surface area contributed by atoms with Gasteiger partial charge in [-0.05, 0) is 42.8 Å². The summed E-state index contributed by atoms with van der Waals surface area (Å²) in [4.78, 5) is 0. The first-order valence-corrected chi connectivity index (χ1v) is 16.7. The van der Waals surface area contributed by atoms with Gasteiger partial charge < -0.3 is 4.74 Å². The third-order valence-corrected chi connectivity index (χ3v) is 8.79. The molecule has 0 bridgehead atoms. The van der Waals surface area contributed by atoms with E-state index in [2.05, 4.69) is 31.3 Å². The average Bonchev–Trinajstić information content (AvgIpc) is 3.17. The number of ether oxygens (including phenoxy) is 1. The average molecular weight is 506 g/mol. The van der Waals surface area contributed by atoms with Gasteiger partial charge in [0.1, 0.15) is 12.3 Å². The van der Waals surface area contributed by atoms with Gasteiger partial charge in [-0.15, -0.1) is 6.58 Å². The van der Waals surface area contributed by atoms with Gasteiger partial charge in [0.15, 0.2) is 0 Å². The first-order valence-electron chi connectivity index (χ1n) is 10.8. The lowest BCUT2D eigenvalue weighted by atomic mass is 9.92. The molecule has 1 heterocycles. The normalized spacial score (nSPS) is 14.2. The molecule has 1 atom stereocenters. The Morgan fingerprint density at radius 3 is 2.45 bits per heavy atom. The maximum absolute atomic E-state index is 12.7. The summed E-state index contributed by atoms with van der Waals surface area (Å²) in [7, 11) is -4.85. The first-order chi connectivity index (χ1) is 15.4. The molecule has 9 heteroatoms. The minimum Gasteiger partial charge on any atom is -0.360 e. The van der Waals surface area contributed by atoms with Gasteiger partial charge in [-0.2, -0.15) is 5.10 Å². The summed E-state index contributed by atoms with van der Waals surface area (Å²) in [5.41, 5.74) is 1.64. The molecule has 0 amide bonds. The van der Waals surface area contributed by atoms with E-state index in [0.717, 1.165) is 22.5 Å². The molecule has 0 N–H and O–H groups in total. The van der Waals surface area contributed by atoms with Crippen LogP contribution in [0.5, 0.6) is 0 Å². The quantitative estimate of drug-likeness (QED) is 0.153. The Bertz CT molecular complexity index is 1240. The fourth-order valence-electron chi connectivity index (χ4n) is 3.61. The highest BCUT2D eigenvalue weighted by atomic mass is 35.5. The van der Waals surface area contributed by atoms with Crippen LogP contribution in [0, 0.1) is 0 Å². The van der Waals surface area contributed by atoms with E-state index in [1.807, 2.05) is 54.1 Å². The van der Waals surface area contributed by atoms with Crippen molar-refractivity contribution in [3.63, 3.8) is 0 Å². The zero-order valence-electron chi connectivity index (χ0n) is 19.9. The van der Waals surface area contributed by atoms with Gasteiger partial charge in [0.2, 0.25) is 10.0 Å². The number of fused-ring (bicyclic) bond motifs is 1. The lowest BCUT2D eigenvalue weighted by Gasteiger charge is -2.28. The van der Waals surface area contributed by atoms with Crippen LogP contribution in [-0.4, -0.2) is 45.9 Å². The van der Waals surface area contributed by atoms with Crippen molar-refractivity contribution in [3.05, 3.63) is 71.9 Å². The molecule has 0 saturated heterocycles. The lowest BCUT2D eigenvalue weighted by Crippen LogP contribution is -2.33. The van der Waals surface area contributed by atoms with Gasteiger partial charge in [0, 0.05) is 25.1 Å². The molecule has 0 radical (unpaired) electrons. The maximum atomic E-state index is 12.7. The minimum atomic E-state index is -3.57. The van der Waals surface area contributed by atoms with E-state index in [1.54, 1.807) is 12.3 Å². The highest BCUT2D eigenvalue weighted by molar-refractivity contribution is 7.92. The number of sulfonamides is 1. The molecule has 33 heavy (non-hydrogen) atoms. The van der Waals surface area contributed by atoms with Gasteiger partial charge in [-0.25, -0.2) is 12.7 Å². The van der Waals surface area contributed by atoms with Gasteiger partial charge in [0.05, 0.1) is 23.7 Å². The summed E-state index contributed by atoms with van der Waals surface area (Å²) in [5, 5.41) is 6.02. The van der Waals surface area contributed by atoms with Gasteiger partial charge in [0.25, 0.3) is 0 Å². The van der Waals surface area contributed by atoms with Gasteiger partial charge in [-0.3, -0.25) is 4.68 Å². The SMILES string of the molecule is C=CC(C)(c1ccc(Cl)cc1)n1ncc2c(N(COCC[Si](C)(C)C)S(C)(=O)=O)cccc21. The zero-order chi connectivity index (χ0) is 24.4. The van der Waals surface area contributed by atoms with Crippen molar-refractivity contribution in [2.45, 2.75) is 38.1 Å². The second-order valence-corrected chi connectivity index (χ2v) is 17.5. The number of rotatable bonds is 10. The predicted molar refractivity (Wildman–Crippen MR) is 140 cm³/mol. The number of nitrogens with zero attached hydrogens (tertiary/aromatic N) is 3. The Balaban J connectivity index is 2.03. The van der Waals surface area contributed by atoms with E-state index < -0.39 is 23.6 Å². The smallest absolute Gasteiger partial charge is 0.234 e. The lowest BCUT2D eigenvalue weighted by molar-refractivity contribution is 0.156. The van der Waals surface area contributed by atoms with E-state index >= 15 is 0 Å². The van der Waals surface area contributed by atoms with Crippen molar-refractivity contribution >= 4 is 46.3 Å². The summed E-state index contributed by atoms with van der Waals surface area (Å²) in [6, 6.07) is 14.1. The maximum Gasteiger partial charge on any atom is 0.234 e. The van der Waals surface area contributed by atoms with Crippen molar-refractivity contribution in [2.24, 2.45) is 0 Å². The number of hydrogen-bond acceptors (Lipinski definition) is 4. The Kier molecular flexibility index (Phi) is 7.43. The van der Waals surface area contributed by atoms with Crippen molar-refractivity contribution in [1.82, 2.24) is 9.78 Å². The fraction of sp³-hybridized carbons (Fsp3) is 0.375. The predicted octanol–water partition coefficient (Wildman–Crippen LogP) is 5.72. The largest absolute Gasteiger partial charge is 0.360 e. The highest BCUT2D eigenvalue weighted by Crippen LogP contribution is 2.35. The molecule has 0 aliphatic heterocycles. The summed E-state index contributed by atoms with van der Waals surface area (Å²) in [6.07, 6.45) is 4.71. The van der Waals surface area contributed by atoms with Crippen LogP contribution < -0.4 is 4.31 Å². The topological polar surface area (TPSA) is 64.4 Å². The molecular formula is C24H32ClN3O3SSi. The van der Waals surface area contributed by atoms with E-state index in [-0.39, 0.29) is 6.73 Å². The van der Waals surface area contributed by atoms with Crippen LogP contribution in [0.4, 0.5) is 5.69 Å². The third-order valence-electron chi connectivity index (χ3n) is 5.73. The monoisotopic (exact) mass is 505 g/mol. The second-order valence-electron chi connectivity index (χ2n) is 9.58. The minimum absolute atomic E-state index is 0.0382. The molecular weight excluding hydrogens is 474 g/mol. The number of hydrogen-bond donors (Lipinski definition) is 0. The molecule has 6 nitrogen and oxygen atoms in total. The Labute approximate surface area is 202 Å². The van der Waals surface area contributed by atoms with Crippen LogP contribution in [0.25, 0.3) is 10.9 Å². The molecule has 178 valence electrons. The summed E-state index contributed by atoms with van der Waals surface area (Å²) in [6.45, 7) is 13.3. The van der Waals surface area contributed by atoms with E-state index in [0.29, 0.717) is 17.3 Å². The Hall–Kier alpha value is -2.13. The van der Waals surface area contributed by atoms with Crippen LogP contribution in [-0.2, 0) is 20.3 Å². The number of aromatic nitrogens is 2. The van der Waals surface area contributed by atoms with Crippen LogP contribution in [0.1, 0.15) is 12.5 Å². The van der Waals surface area contributed by atoms with Gasteiger partial charge >= 0.3 is 0 Å². The molecule has 0 spiro atoms.